The van der Waals surface area contributed by atoms with Gasteiger partial charge in [0.05, 0.1) is 14.2 Å². The molecule has 0 aliphatic rings. The van der Waals surface area contributed by atoms with Gasteiger partial charge in [0.15, 0.2) is 0 Å². The first-order valence-electron chi connectivity index (χ1n) is 5.00. The summed E-state index contributed by atoms with van der Waals surface area (Å²) in [5.74, 6) is -2.48. The molecule has 0 fully saturated rings. The third-order valence-corrected chi connectivity index (χ3v) is 2.62. The molecule has 0 saturated heterocycles. The molecule has 0 radical (unpaired) electrons. The number of carbonyl (C=O) groups is 1. The van der Waals surface area contributed by atoms with Crippen LogP contribution in [-0.2, 0) is 10.3 Å². The number of halogens is 3. The van der Waals surface area contributed by atoms with Gasteiger partial charge in [0.25, 0.3) is 0 Å². The van der Waals surface area contributed by atoms with Crippen molar-refractivity contribution < 1.29 is 32.5 Å². The predicted octanol–water partition coefficient (Wildman–Crippen LogP) is 1.50. The fourth-order valence-electron chi connectivity index (χ4n) is 1.51. The van der Waals surface area contributed by atoms with Gasteiger partial charge in [0, 0.05) is 5.56 Å². The normalized spacial score (nSPS) is 14.6. The second-order valence-corrected chi connectivity index (χ2v) is 3.68. The zero-order chi connectivity index (χ0) is 14.8. The van der Waals surface area contributed by atoms with Crippen molar-refractivity contribution >= 4 is 5.97 Å². The number of hydrogen-bond donors (Lipinski definition) is 2. The molecule has 19 heavy (non-hydrogen) atoms. The molecule has 106 valence electrons. The van der Waals surface area contributed by atoms with Crippen molar-refractivity contribution in [3.63, 3.8) is 0 Å². The summed E-state index contributed by atoms with van der Waals surface area (Å²) in [5.41, 5.74) is 0.775. The van der Waals surface area contributed by atoms with Crippen LogP contribution >= 0.6 is 0 Å². The van der Waals surface area contributed by atoms with E-state index < -0.39 is 23.2 Å². The molecule has 8 heteroatoms. The Kier molecular flexibility index (Phi) is 3.94. The fraction of sp³-hybridized carbons (Fsp3) is 0.364. The largest absolute Gasteiger partial charge is 0.497 e. The molecule has 1 aromatic carbocycles. The van der Waals surface area contributed by atoms with Crippen LogP contribution in [0.2, 0.25) is 0 Å². The average Bonchev–Trinajstić information content (AvgIpc) is 2.35. The Labute approximate surface area is 106 Å². The Morgan fingerprint density at radius 1 is 1.26 bits per heavy atom. The van der Waals surface area contributed by atoms with Gasteiger partial charge in [-0.2, -0.15) is 13.2 Å². The summed E-state index contributed by atoms with van der Waals surface area (Å²) >= 11 is 0. The Hall–Kier alpha value is -1.96. The summed E-state index contributed by atoms with van der Waals surface area (Å²) in [6.45, 7) is 0. The molecule has 1 rings (SSSR count). The van der Waals surface area contributed by atoms with Crippen LogP contribution in [0, 0.1) is 0 Å². The summed E-state index contributed by atoms with van der Waals surface area (Å²) in [7, 11) is 2.35. The van der Waals surface area contributed by atoms with E-state index in [9.17, 15) is 18.0 Å². The minimum Gasteiger partial charge on any atom is -0.497 e. The molecule has 0 spiro atoms. The van der Waals surface area contributed by atoms with Crippen molar-refractivity contribution in [1.82, 2.24) is 0 Å². The highest BCUT2D eigenvalue weighted by molar-refractivity contribution is 5.83. The molecule has 1 aromatic rings. The minimum atomic E-state index is -5.20. The van der Waals surface area contributed by atoms with Gasteiger partial charge in [-0.05, 0) is 18.2 Å². The SMILES string of the molecule is COc1ccc(OC)c(C(N)(C(=O)O)C(F)(F)F)c1. The first-order chi connectivity index (χ1) is 8.68. The number of benzene rings is 1. The summed E-state index contributed by atoms with van der Waals surface area (Å²) in [5, 5.41) is 8.86. The van der Waals surface area contributed by atoms with Crippen molar-refractivity contribution in [3.8, 4) is 11.5 Å². The van der Waals surface area contributed by atoms with E-state index >= 15 is 0 Å². The van der Waals surface area contributed by atoms with E-state index in [0.29, 0.717) is 0 Å². The van der Waals surface area contributed by atoms with Gasteiger partial charge in [0.1, 0.15) is 11.5 Å². The number of methoxy groups -OCH3 is 2. The van der Waals surface area contributed by atoms with Crippen LogP contribution < -0.4 is 15.2 Å². The summed E-state index contributed by atoms with van der Waals surface area (Å²) in [6, 6.07) is 3.38. The van der Waals surface area contributed by atoms with E-state index in [-0.39, 0.29) is 11.5 Å². The number of hydrogen-bond acceptors (Lipinski definition) is 4. The third-order valence-electron chi connectivity index (χ3n) is 2.62. The molecule has 0 amide bonds. The van der Waals surface area contributed by atoms with Gasteiger partial charge in [-0.15, -0.1) is 0 Å². The molecule has 1 atom stereocenters. The number of nitrogens with two attached hydrogens (primary N) is 1. The van der Waals surface area contributed by atoms with Crippen LogP contribution in [0.1, 0.15) is 5.56 Å². The van der Waals surface area contributed by atoms with Crippen LogP contribution in [0.25, 0.3) is 0 Å². The molecule has 3 N–H and O–H groups in total. The van der Waals surface area contributed by atoms with Gasteiger partial charge in [0.2, 0.25) is 5.54 Å². The smallest absolute Gasteiger partial charge is 0.421 e. The van der Waals surface area contributed by atoms with Gasteiger partial charge in [-0.3, -0.25) is 0 Å². The Morgan fingerprint density at radius 2 is 1.84 bits per heavy atom. The van der Waals surface area contributed by atoms with E-state index in [2.05, 4.69) is 0 Å². The highest BCUT2D eigenvalue weighted by Crippen LogP contribution is 2.42. The number of ether oxygens (including phenoxy) is 2. The Bertz CT molecular complexity index is 489. The van der Waals surface area contributed by atoms with Crippen molar-refractivity contribution in [3.05, 3.63) is 23.8 Å². The molecule has 0 aliphatic heterocycles. The first kappa shape index (κ1) is 15.1. The maximum absolute atomic E-state index is 13.0. The second-order valence-electron chi connectivity index (χ2n) is 3.68. The van der Waals surface area contributed by atoms with Gasteiger partial charge >= 0.3 is 12.1 Å². The second kappa shape index (κ2) is 4.96. The lowest BCUT2D eigenvalue weighted by molar-refractivity contribution is -0.205. The van der Waals surface area contributed by atoms with E-state index in [0.717, 1.165) is 19.2 Å². The van der Waals surface area contributed by atoms with E-state index in [1.54, 1.807) is 0 Å². The predicted molar refractivity (Wildman–Crippen MR) is 59.1 cm³/mol. The summed E-state index contributed by atoms with van der Waals surface area (Å²) < 4.78 is 48.5. The minimum absolute atomic E-state index is 0.0381. The maximum atomic E-state index is 13.0. The summed E-state index contributed by atoms with van der Waals surface area (Å²) in [6.07, 6.45) is -5.20. The van der Waals surface area contributed by atoms with Gasteiger partial charge in [-0.1, -0.05) is 0 Å². The first-order valence-corrected chi connectivity index (χ1v) is 5.00. The Morgan fingerprint density at radius 3 is 2.21 bits per heavy atom. The topological polar surface area (TPSA) is 81.8 Å². The number of alkyl halides is 3. The highest BCUT2D eigenvalue weighted by atomic mass is 19.4. The van der Waals surface area contributed by atoms with Gasteiger partial charge < -0.3 is 20.3 Å². The van der Waals surface area contributed by atoms with Crippen LogP contribution in [0.4, 0.5) is 13.2 Å². The standard InChI is InChI=1S/C11H12F3NO4/c1-18-6-3-4-8(19-2)7(5-6)10(15,9(16)17)11(12,13)14/h3-5H,15H2,1-2H3,(H,16,17). The fourth-order valence-corrected chi connectivity index (χ4v) is 1.51. The number of carboxylic acid groups (broad SMARTS) is 1. The molecular formula is C11H12F3NO4. The molecule has 5 nitrogen and oxygen atoms in total. The monoisotopic (exact) mass is 279 g/mol. The van der Waals surface area contributed by atoms with Crippen molar-refractivity contribution in [2.75, 3.05) is 14.2 Å². The van der Waals surface area contributed by atoms with E-state index in [1.165, 1.54) is 13.2 Å². The third kappa shape index (κ3) is 2.43. The number of carboxylic acids is 1. The highest BCUT2D eigenvalue weighted by Gasteiger charge is 2.61. The van der Waals surface area contributed by atoms with Crippen molar-refractivity contribution in [2.24, 2.45) is 5.73 Å². The van der Waals surface area contributed by atoms with Crippen LogP contribution in [0.15, 0.2) is 18.2 Å². The molecule has 0 heterocycles. The number of aliphatic carboxylic acids is 1. The molecule has 1 unspecified atom stereocenters. The lowest BCUT2D eigenvalue weighted by atomic mass is 9.89. The lowest BCUT2D eigenvalue weighted by Gasteiger charge is -2.29. The average molecular weight is 279 g/mol. The molecule has 0 bridgehead atoms. The van der Waals surface area contributed by atoms with E-state index in [4.69, 9.17) is 20.3 Å². The van der Waals surface area contributed by atoms with Crippen LogP contribution in [0.3, 0.4) is 0 Å². The zero-order valence-electron chi connectivity index (χ0n) is 10.1. The molecular weight excluding hydrogens is 267 g/mol. The maximum Gasteiger partial charge on any atom is 0.421 e. The Balaban J connectivity index is 3.59. The van der Waals surface area contributed by atoms with Crippen molar-refractivity contribution in [1.29, 1.82) is 0 Å². The quantitative estimate of drug-likeness (QED) is 0.873. The summed E-state index contributed by atoms with van der Waals surface area (Å²) in [4.78, 5) is 11.0. The van der Waals surface area contributed by atoms with Crippen LogP contribution in [-0.4, -0.2) is 31.5 Å². The van der Waals surface area contributed by atoms with Crippen LogP contribution in [0.5, 0.6) is 11.5 Å². The lowest BCUT2D eigenvalue weighted by Crippen LogP contribution is -2.56. The van der Waals surface area contributed by atoms with E-state index in [1.807, 2.05) is 0 Å². The molecule has 0 aliphatic carbocycles. The van der Waals surface area contributed by atoms with Crippen molar-refractivity contribution in [2.45, 2.75) is 11.7 Å². The molecule has 0 saturated carbocycles. The number of rotatable bonds is 4. The van der Waals surface area contributed by atoms with Gasteiger partial charge in [-0.25, -0.2) is 4.79 Å². The zero-order valence-corrected chi connectivity index (χ0v) is 10.1. The molecule has 0 aromatic heterocycles.